The third-order valence-electron chi connectivity index (χ3n) is 2.78. The molecule has 0 aromatic carbocycles. The SMILES string of the molecule is CC(NC(=O)c1cccc(NN)n1)C(C)(C)C. The highest BCUT2D eigenvalue weighted by Crippen LogP contribution is 2.18. The van der Waals surface area contributed by atoms with Gasteiger partial charge in [0.05, 0.1) is 0 Å². The van der Waals surface area contributed by atoms with Crippen molar-refractivity contribution in [2.75, 3.05) is 5.43 Å². The molecule has 0 bridgehead atoms. The largest absolute Gasteiger partial charge is 0.348 e. The van der Waals surface area contributed by atoms with E-state index in [9.17, 15) is 4.79 Å². The Morgan fingerprint density at radius 1 is 1.41 bits per heavy atom. The normalized spacial score (nSPS) is 13.0. The van der Waals surface area contributed by atoms with Gasteiger partial charge in [-0.3, -0.25) is 4.79 Å². The van der Waals surface area contributed by atoms with Gasteiger partial charge in [0.1, 0.15) is 11.5 Å². The van der Waals surface area contributed by atoms with Crippen LogP contribution in [0.3, 0.4) is 0 Å². The Hall–Kier alpha value is -1.62. The lowest BCUT2D eigenvalue weighted by Gasteiger charge is -2.27. The number of hydrazine groups is 1. The maximum Gasteiger partial charge on any atom is 0.270 e. The van der Waals surface area contributed by atoms with Crippen LogP contribution in [-0.2, 0) is 0 Å². The zero-order valence-corrected chi connectivity index (χ0v) is 10.7. The Morgan fingerprint density at radius 2 is 2.06 bits per heavy atom. The van der Waals surface area contributed by atoms with Gasteiger partial charge >= 0.3 is 0 Å². The van der Waals surface area contributed by atoms with Crippen LogP contribution in [-0.4, -0.2) is 16.9 Å². The number of anilines is 1. The molecule has 5 heteroatoms. The topological polar surface area (TPSA) is 80.0 Å². The quantitative estimate of drug-likeness (QED) is 0.549. The molecule has 0 spiro atoms. The summed E-state index contributed by atoms with van der Waals surface area (Å²) in [4.78, 5) is 16.0. The first-order chi connectivity index (χ1) is 7.84. The maximum atomic E-state index is 11.9. The van der Waals surface area contributed by atoms with E-state index >= 15 is 0 Å². The summed E-state index contributed by atoms with van der Waals surface area (Å²) in [7, 11) is 0. The summed E-state index contributed by atoms with van der Waals surface area (Å²) < 4.78 is 0. The highest BCUT2D eigenvalue weighted by atomic mass is 16.1. The fourth-order valence-corrected chi connectivity index (χ4v) is 1.13. The van der Waals surface area contributed by atoms with Crippen molar-refractivity contribution in [3.05, 3.63) is 23.9 Å². The van der Waals surface area contributed by atoms with E-state index in [0.29, 0.717) is 11.5 Å². The van der Waals surface area contributed by atoms with E-state index in [1.54, 1.807) is 18.2 Å². The molecule has 0 aliphatic heterocycles. The standard InChI is InChI=1S/C12H20N4O/c1-8(12(2,3)4)14-11(17)9-6-5-7-10(15-9)16-13/h5-8H,13H2,1-4H3,(H,14,17)(H,15,16). The second-order valence-corrected chi connectivity index (χ2v) is 5.11. The summed E-state index contributed by atoms with van der Waals surface area (Å²) >= 11 is 0. The predicted molar refractivity (Wildman–Crippen MR) is 68.4 cm³/mol. The van der Waals surface area contributed by atoms with Crippen molar-refractivity contribution in [1.82, 2.24) is 10.3 Å². The molecule has 1 aromatic heterocycles. The van der Waals surface area contributed by atoms with E-state index in [0.717, 1.165) is 0 Å². The molecule has 0 radical (unpaired) electrons. The highest BCUT2D eigenvalue weighted by molar-refractivity contribution is 5.92. The van der Waals surface area contributed by atoms with E-state index in [2.05, 4.69) is 36.5 Å². The lowest BCUT2D eigenvalue weighted by Crippen LogP contribution is -2.41. The van der Waals surface area contributed by atoms with E-state index < -0.39 is 0 Å². The zero-order chi connectivity index (χ0) is 13.1. The summed E-state index contributed by atoms with van der Waals surface area (Å²) in [5, 5.41) is 2.92. The third-order valence-corrected chi connectivity index (χ3v) is 2.78. The van der Waals surface area contributed by atoms with Crippen molar-refractivity contribution in [1.29, 1.82) is 0 Å². The Bertz CT molecular complexity index is 398. The Kier molecular flexibility index (Phi) is 4.07. The van der Waals surface area contributed by atoms with Gasteiger partial charge in [-0.15, -0.1) is 0 Å². The Morgan fingerprint density at radius 3 is 2.59 bits per heavy atom. The first kappa shape index (κ1) is 13.4. The fourth-order valence-electron chi connectivity index (χ4n) is 1.13. The molecule has 5 nitrogen and oxygen atoms in total. The van der Waals surface area contributed by atoms with Crippen LogP contribution < -0.4 is 16.6 Å². The average molecular weight is 236 g/mol. The van der Waals surface area contributed by atoms with Crippen molar-refractivity contribution >= 4 is 11.7 Å². The lowest BCUT2D eigenvalue weighted by molar-refractivity contribution is 0.0905. The van der Waals surface area contributed by atoms with Crippen molar-refractivity contribution in [2.45, 2.75) is 33.7 Å². The number of nitrogens with one attached hydrogen (secondary N) is 2. The number of nitrogen functional groups attached to an aromatic ring is 1. The molecule has 17 heavy (non-hydrogen) atoms. The molecule has 0 aliphatic carbocycles. The Balaban J connectivity index is 2.76. The molecule has 1 aromatic rings. The zero-order valence-electron chi connectivity index (χ0n) is 10.7. The van der Waals surface area contributed by atoms with Gasteiger partial charge in [0.2, 0.25) is 0 Å². The van der Waals surface area contributed by atoms with Crippen molar-refractivity contribution in [2.24, 2.45) is 11.3 Å². The summed E-state index contributed by atoms with van der Waals surface area (Å²) in [6.45, 7) is 8.19. The second-order valence-electron chi connectivity index (χ2n) is 5.11. The minimum Gasteiger partial charge on any atom is -0.348 e. The minimum absolute atomic E-state index is 0.0133. The van der Waals surface area contributed by atoms with Gasteiger partial charge in [-0.1, -0.05) is 26.8 Å². The fraction of sp³-hybridized carbons (Fsp3) is 0.500. The van der Waals surface area contributed by atoms with Crippen LogP contribution in [0, 0.1) is 5.41 Å². The molecule has 4 N–H and O–H groups in total. The monoisotopic (exact) mass is 236 g/mol. The Labute approximate surface area is 102 Å². The van der Waals surface area contributed by atoms with Crippen molar-refractivity contribution < 1.29 is 4.79 Å². The van der Waals surface area contributed by atoms with Crippen LogP contribution in [0.25, 0.3) is 0 Å². The molecular weight excluding hydrogens is 216 g/mol. The number of pyridine rings is 1. The molecule has 1 heterocycles. The van der Waals surface area contributed by atoms with Crippen LogP contribution in [0.2, 0.25) is 0 Å². The number of nitrogens with two attached hydrogens (primary N) is 1. The van der Waals surface area contributed by atoms with Crippen LogP contribution in [0.1, 0.15) is 38.2 Å². The highest BCUT2D eigenvalue weighted by Gasteiger charge is 2.22. The molecule has 1 unspecified atom stereocenters. The van der Waals surface area contributed by atoms with Crippen molar-refractivity contribution in [3.63, 3.8) is 0 Å². The van der Waals surface area contributed by atoms with Gasteiger partial charge in [-0.05, 0) is 24.5 Å². The predicted octanol–water partition coefficient (Wildman–Crippen LogP) is 1.53. The van der Waals surface area contributed by atoms with Crippen LogP contribution in [0.4, 0.5) is 5.82 Å². The summed E-state index contributed by atoms with van der Waals surface area (Å²) in [6.07, 6.45) is 0. The number of amides is 1. The molecule has 1 rings (SSSR count). The van der Waals surface area contributed by atoms with Gasteiger partial charge < -0.3 is 10.7 Å². The second kappa shape index (κ2) is 5.14. The molecule has 0 fully saturated rings. The molecule has 94 valence electrons. The number of nitrogens with zero attached hydrogens (tertiary/aromatic N) is 1. The maximum absolute atomic E-state index is 11.9. The smallest absolute Gasteiger partial charge is 0.270 e. The molecular formula is C12H20N4O. The number of hydrogen-bond acceptors (Lipinski definition) is 4. The van der Waals surface area contributed by atoms with Gasteiger partial charge in [-0.25, -0.2) is 10.8 Å². The number of aromatic nitrogens is 1. The number of rotatable bonds is 3. The first-order valence-corrected chi connectivity index (χ1v) is 5.59. The van der Waals surface area contributed by atoms with Crippen LogP contribution in [0.15, 0.2) is 18.2 Å². The molecule has 0 saturated heterocycles. The number of hydrogen-bond donors (Lipinski definition) is 3. The summed E-state index contributed by atoms with van der Waals surface area (Å²) in [5.41, 5.74) is 2.79. The number of carbonyl (C=O) groups excluding carboxylic acids is 1. The first-order valence-electron chi connectivity index (χ1n) is 5.59. The summed E-state index contributed by atoms with van der Waals surface area (Å²) in [5.74, 6) is 5.53. The molecule has 1 amide bonds. The van der Waals surface area contributed by atoms with E-state index in [1.165, 1.54) is 0 Å². The number of carbonyl (C=O) groups is 1. The average Bonchev–Trinajstić information content (AvgIpc) is 2.27. The van der Waals surface area contributed by atoms with Crippen LogP contribution >= 0.6 is 0 Å². The third kappa shape index (κ3) is 3.71. The van der Waals surface area contributed by atoms with Gasteiger partial charge in [0.25, 0.3) is 5.91 Å². The summed E-state index contributed by atoms with van der Waals surface area (Å²) in [6, 6.07) is 5.15. The van der Waals surface area contributed by atoms with Crippen molar-refractivity contribution in [3.8, 4) is 0 Å². The van der Waals surface area contributed by atoms with Gasteiger partial charge in [0, 0.05) is 6.04 Å². The van der Waals surface area contributed by atoms with E-state index in [1.807, 2.05) is 6.92 Å². The minimum atomic E-state index is -0.190. The molecule has 0 aliphatic rings. The van der Waals surface area contributed by atoms with Crippen LogP contribution in [0.5, 0.6) is 0 Å². The van der Waals surface area contributed by atoms with E-state index in [4.69, 9.17) is 5.84 Å². The lowest BCUT2D eigenvalue weighted by atomic mass is 9.88. The van der Waals surface area contributed by atoms with Gasteiger partial charge in [0.15, 0.2) is 0 Å². The molecule has 0 saturated carbocycles. The molecule has 1 atom stereocenters. The van der Waals surface area contributed by atoms with Gasteiger partial charge in [-0.2, -0.15) is 0 Å². The van der Waals surface area contributed by atoms with E-state index in [-0.39, 0.29) is 17.4 Å².